The largest absolute Gasteiger partial charge is 0.487 e. The molecule has 0 bridgehead atoms. The van der Waals surface area contributed by atoms with Gasteiger partial charge in [-0.1, -0.05) is 0 Å². The highest BCUT2D eigenvalue weighted by Crippen LogP contribution is 2.43. The summed E-state index contributed by atoms with van der Waals surface area (Å²) in [6, 6.07) is 5.93. The van der Waals surface area contributed by atoms with Gasteiger partial charge in [0.15, 0.2) is 5.65 Å². The molecule has 1 atom stereocenters. The van der Waals surface area contributed by atoms with Crippen LogP contribution < -0.4 is 15.0 Å². The number of carbonyl (C=O) groups is 1. The minimum absolute atomic E-state index is 0.220. The highest BCUT2D eigenvalue weighted by molar-refractivity contribution is 7.98. The lowest BCUT2D eigenvalue weighted by Crippen LogP contribution is -2.36. The van der Waals surface area contributed by atoms with Gasteiger partial charge in [0, 0.05) is 43.5 Å². The van der Waals surface area contributed by atoms with Crippen LogP contribution >= 0.6 is 11.8 Å². The van der Waals surface area contributed by atoms with E-state index in [1.165, 1.54) is 0 Å². The second-order valence-corrected chi connectivity index (χ2v) is 9.43. The normalized spacial score (nSPS) is 20.2. The van der Waals surface area contributed by atoms with Crippen molar-refractivity contribution < 1.29 is 14.3 Å². The molecule has 0 radical (unpaired) electrons. The van der Waals surface area contributed by atoms with Gasteiger partial charge in [-0.05, 0) is 37.5 Å². The van der Waals surface area contributed by atoms with Crippen molar-refractivity contribution in [1.82, 2.24) is 14.6 Å². The van der Waals surface area contributed by atoms with E-state index in [0.717, 1.165) is 54.4 Å². The maximum atomic E-state index is 13.2. The minimum atomic E-state index is -0.225. The van der Waals surface area contributed by atoms with E-state index < -0.39 is 0 Å². The molecular weight excluding hydrogens is 426 g/mol. The monoisotopic (exact) mass is 453 g/mol. The Balaban J connectivity index is 1.48. The summed E-state index contributed by atoms with van der Waals surface area (Å²) in [6.45, 7) is 5.03. The topological polar surface area (TPSA) is 81.0 Å². The van der Waals surface area contributed by atoms with Gasteiger partial charge in [-0.2, -0.15) is 16.9 Å². The van der Waals surface area contributed by atoms with E-state index in [2.05, 4.69) is 45.6 Å². The number of fused-ring (bicyclic) bond motifs is 2. The Morgan fingerprint density at radius 1 is 1.31 bits per heavy atom. The molecule has 1 aromatic carbocycles. The van der Waals surface area contributed by atoms with E-state index in [0.29, 0.717) is 24.4 Å². The Bertz CT molecular complexity index is 1140. The number of thioether (sulfide) groups is 1. The minimum Gasteiger partial charge on any atom is -0.487 e. The van der Waals surface area contributed by atoms with Crippen LogP contribution in [0, 0.1) is 0 Å². The molecule has 32 heavy (non-hydrogen) atoms. The molecule has 1 unspecified atom stereocenters. The van der Waals surface area contributed by atoms with Crippen LogP contribution in [0.15, 0.2) is 36.8 Å². The van der Waals surface area contributed by atoms with Crippen molar-refractivity contribution >= 4 is 34.7 Å². The van der Waals surface area contributed by atoms with Crippen LogP contribution in [0.1, 0.15) is 29.3 Å². The highest BCUT2D eigenvalue weighted by Gasteiger charge is 2.36. The lowest BCUT2D eigenvalue weighted by Gasteiger charge is -2.31. The van der Waals surface area contributed by atoms with Crippen LogP contribution in [-0.4, -0.2) is 64.4 Å². The zero-order valence-electron chi connectivity index (χ0n) is 18.3. The maximum Gasteiger partial charge on any atom is 0.261 e. The van der Waals surface area contributed by atoms with E-state index in [1.807, 2.05) is 11.8 Å². The van der Waals surface area contributed by atoms with Crippen molar-refractivity contribution in [2.24, 2.45) is 0 Å². The summed E-state index contributed by atoms with van der Waals surface area (Å²) >= 11 is 1.83. The predicted molar refractivity (Wildman–Crippen MR) is 126 cm³/mol. The van der Waals surface area contributed by atoms with Crippen molar-refractivity contribution in [2.45, 2.75) is 25.4 Å². The molecule has 4 heterocycles. The Labute approximate surface area is 191 Å². The van der Waals surface area contributed by atoms with E-state index in [4.69, 9.17) is 9.47 Å². The summed E-state index contributed by atoms with van der Waals surface area (Å²) in [5.41, 5.74) is 3.62. The number of morpholine rings is 1. The first-order valence-electron chi connectivity index (χ1n) is 10.8. The summed E-state index contributed by atoms with van der Waals surface area (Å²) in [4.78, 5) is 19.8. The van der Waals surface area contributed by atoms with Gasteiger partial charge in [0.25, 0.3) is 5.91 Å². The fourth-order valence-electron chi connectivity index (χ4n) is 4.35. The Morgan fingerprint density at radius 2 is 2.16 bits per heavy atom. The number of nitrogens with one attached hydrogen (secondary N) is 1. The summed E-state index contributed by atoms with van der Waals surface area (Å²) in [6.07, 6.45) is 8.92. The van der Waals surface area contributed by atoms with Crippen LogP contribution in [0.25, 0.3) is 5.65 Å². The van der Waals surface area contributed by atoms with Crippen LogP contribution in [-0.2, 0) is 11.2 Å². The van der Waals surface area contributed by atoms with Crippen LogP contribution in [0.3, 0.4) is 0 Å². The first kappa shape index (κ1) is 21.1. The second-order valence-electron chi connectivity index (χ2n) is 8.45. The number of anilines is 2. The Kier molecular flexibility index (Phi) is 5.69. The van der Waals surface area contributed by atoms with E-state index in [-0.39, 0.29) is 11.5 Å². The van der Waals surface area contributed by atoms with E-state index in [9.17, 15) is 4.79 Å². The Hall–Kier alpha value is -2.78. The smallest absolute Gasteiger partial charge is 0.261 e. The third-order valence-corrected chi connectivity index (χ3v) is 6.67. The number of hydrogen-bond donors (Lipinski definition) is 1. The number of carbonyl (C=O) groups excluding carboxylic acids is 1. The number of hydrogen-bond acceptors (Lipinski definition) is 7. The second kappa shape index (κ2) is 8.63. The molecule has 1 amide bonds. The molecule has 1 N–H and O–H groups in total. The molecule has 0 aliphatic carbocycles. The predicted octanol–water partition coefficient (Wildman–Crippen LogP) is 3.26. The molecule has 0 saturated carbocycles. The van der Waals surface area contributed by atoms with Gasteiger partial charge in [0.2, 0.25) is 0 Å². The van der Waals surface area contributed by atoms with Crippen LogP contribution in [0.5, 0.6) is 5.75 Å². The molecule has 168 valence electrons. The molecule has 1 fully saturated rings. The molecule has 2 aromatic heterocycles. The van der Waals surface area contributed by atoms with Gasteiger partial charge in [-0.15, -0.1) is 0 Å². The zero-order chi connectivity index (χ0) is 22.1. The number of benzene rings is 1. The summed E-state index contributed by atoms with van der Waals surface area (Å²) in [7, 11) is 0. The molecule has 9 heteroatoms. The molecule has 1 saturated heterocycles. The van der Waals surface area contributed by atoms with Gasteiger partial charge >= 0.3 is 0 Å². The van der Waals surface area contributed by atoms with Crippen molar-refractivity contribution in [1.29, 1.82) is 0 Å². The van der Waals surface area contributed by atoms with E-state index in [1.54, 1.807) is 29.2 Å². The van der Waals surface area contributed by atoms with Gasteiger partial charge in [-0.3, -0.25) is 4.79 Å². The highest BCUT2D eigenvalue weighted by atomic mass is 32.2. The van der Waals surface area contributed by atoms with Gasteiger partial charge in [0.1, 0.15) is 16.9 Å². The quantitative estimate of drug-likeness (QED) is 0.614. The lowest BCUT2D eigenvalue weighted by molar-refractivity contribution is 0.102. The number of nitrogens with zero attached hydrogens (tertiary/aromatic N) is 4. The number of ether oxygens (including phenoxy) is 2. The SMILES string of the molecule is CSCCC1(C)Cc2cc(NC(=O)c3cnn4cccnc34)c(N3CCOCC3)cc2O1. The third-order valence-electron chi connectivity index (χ3n) is 6.06. The molecule has 8 nitrogen and oxygen atoms in total. The molecule has 3 aromatic rings. The summed E-state index contributed by atoms with van der Waals surface area (Å²) in [5.74, 6) is 1.73. The van der Waals surface area contributed by atoms with Gasteiger partial charge in [-0.25, -0.2) is 9.50 Å². The van der Waals surface area contributed by atoms with Gasteiger partial charge in [0.05, 0.1) is 30.8 Å². The van der Waals surface area contributed by atoms with Crippen molar-refractivity contribution in [3.8, 4) is 5.75 Å². The first-order chi connectivity index (χ1) is 15.6. The standard InChI is InChI=1S/C23H27N5O3S/c1-23(4-11-32-2)14-16-12-18(19(13-20(16)31-23)27-7-9-30-10-8-27)26-22(29)17-15-25-28-6-3-5-24-21(17)28/h3,5-6,12-13,15H,4,7-11,14H2,1-2H3,(H,26,29). The zero-order valence-corrected chi connectivity index (χ0v) is 19.2. The Morgan fingerprint density at radius 3 is 2.97 bits per heavy atom. The summed E-state index contributed by atoms with van der Waals surface area (Å²) < 4.78 is 13.6. The number of amides is 1. The fraction of sp³-hybridized carbons (Fsp3) is 0.435. The maximum absolute atomic E-state index is 13.2. The first-order valence-corrected chi connectivity index (χ1v) is 12.2. The van der Waals surface area contributed by atoms with Crippen LogP contribution in [0.2, 0.25) is 0 Å². The molecule has 2 aliphatic rings. The molecular formula is C23H27N5O3S. The molecule has 5 rings (SSSR count). The van der Waals surface area contributed by atoms with Crippen LogP contribution in [0.4, 0.5) is 11.4 Å². The average molecular weight is 454 g/mol. The molecule has 2 aliphatic heterocycles. The lowest BCUT2D eigenvalue weighted by atomic mass is 9.96. The van der Waals surface area contributed by atoms with Crippen molar-refractivity contribution in [2.75, 3.05) is 48.5 Å². The van der Waals surface area contributed by atoms with Gasteiger partial charge < -0.3 is 19.7 Å². The number of rotatable bonds is 6. The summed E-state index contributed by atoms with van der Waals surface area (Å²) in [5, 5.41) is 7.37. The van der Waals surface area contributed by atoms with E-state index >= 15 is 0 Å². The van der Waals surface area contributed by atoms with Crippen molar-refractivity contribution in [3.63, 3.8) is 0 Å². The third kappa shape index (κ3) is 4.02. The fourth-order valence-corrected chi connectivity index (χ4v) is 4.99. The molecule has 0 spiro atoms. The number of aromatic nitrogens is 3. The van der Waals surface area contributed by atoms with Crippen molar-refractivity contribution in [3.05, 3.63) is 47.9 Å². The average Bonchev–Trinajstić information content (AvgIpc) is 3.38.